The maximum absolute atomic E-state index is 8.93. The Balaban J connectivity index is 2.35. The first-order valence-electron chi connectivity index (χ1n) is 4.78. The van der Waals surface area contributed by atoms with Crippen LogP contribution >= 0.6 is 0 Å². The molecule has 0 amide bonds. The van der Waals surface area contributed by atoms with Crippen LogP contribution in [0.25, 0.3) is 0 Å². The van der Waals surface area contributed by atoms with Gasteiger partial charge >= 0.3 is 0 Å². The summed E-state index contributed by atoms with van der Waals surface area (Å²) < 4.78 is 6.15. The first kappa shape index (κ1) is 9.96. The van der Waals surface area contributed by atoms with Crippen LogP contribution in [-0.4, -0.2) is 56.1 Å². The van der Waals surface area contributed by atoms with Gasteiger partial charge in [-0.3, -0.25) is 0 Å². The molecule has 3 heteroatoms. The minimum Gasteiger partial charge on any atom is -0.391 e. The Bertz CT molecular complexity index is 122. The fourth-order valence-electron chi connectivity index (χ4n) is 2.06. The van der Waals surface area contributed by atoms with Gasteiger partial charge in [0.2, 0.25) is 0 Å². The molecule has 72 valence electrons. The molecule has 0 atom stereocenters. The van der Waals surface area contributed by atoms with E-state index in [0.29, 0.717) is 6.61 Å². The van der Waals surface area contributed by atoms with E-state index in [0.717, 1.165) is 24.2 Å². The van der Waals surface area contributed by atoms with Gasteiger partial charge in [-0.2, -0.15) is 0 Å². The fraction of sp³-hybridized carbons (Fsp3) is 1.00. The van der Waals surface area contributed by atoms with E-state index in [1.807, 2.05) is 0 Å². The SMILES string of the molecule is COCC[N+]1(CCO)CCCC1. The normalized spacial score (nSPS) is 21.5. The number of ether oxygens (including phenoxy) is 1. The topological polar surface area (TPSA) is 29.5 Å². The van der Waals surface area contributed by atoms with E-state index < -0.39 is 0 Å². The first-order chi connectivity index (χ1) is 5.83. The van der Waals surface area contributed by atoms with Crippen LogP contribution in [0.2, 0.25) is 0 Å². The molecule has 0 saturated carbocycles. The number of methoxy groups -OCH3 is 1. The molecule has 1 aliphatic rings. The molecule has 1 aliphatic heterocycles. The highest BCUT2D eigenvalue weighted by atomic mass is 16.5. The molecule has 12 heavy (non-hydrogen) atoms. The number of nitrogens with zero attached hydrogens (tertiary/aromatic N) is 1. The van der Waals surface area contributed by atoms with Gasteiger partial charge in [-0.25, -0.2) is 0 Å². The molecule has 0 aromatic rings. The third-order valence-electron chi connectivity index (χ3n) is 2.86. The maximum Gasteiger partial charge on any atom is 0.102 e. The molecule has 0 spiro atoms. The standard InChI is InChI=1S/C9H20NO2/c1-12-9-7-10(6-8-11)4-2-3-5-10/h11H,2-9H2,1H3/q+1. The quantitative estimate of drug-likeness (QED) is 0.605. The zero-order valence-corrected chi connectivity index (χ0v) is 7.96. The van der Waals surface area contributed by atoms with E-state index in [9.17, 15) is 0 Å². The van der Waals surface area contributed by atoms with Crippen molar-refractivity contribution in [3.63, 3.8) is 0 Å². The van der Waals surface area contributed by atoms with Crippen molar-refractivity contribution >= 4 is 0 Å². The van der Waals surface area contributed by atoms with Crippen LogP contribution in [0.3, 0.4) is 0 Å². The van der Waals surface area contributed by atoms with Gasteiger partial charge in [0, 0.05) is 20.0 Å². The summed E-state index contributed by atoms with van der Waals surface area (Å²) in [4.78, 5) is 0. The van der Waals surface area contributed by atoms with Crippen molar-refractivity contribution in [3.8, 4) is 0 Å². The lowest BCUT2D eigenvalue weighted by Crippen LogP contribution is -2.49. The van der Waals surface area contributed by atoms with Gasteiger partial charge in [-0.1, -0.05) is 0 Å². The van der Waals surface area contributed by atoms with E-state index in [1.54, 1.807) is 7.11 Å². The lowest BCUT2D eigenvalue weighted by atomic mass is 10.4. The van der Waals surface area contributed by atoms with Crippen molar-refractivity contribution in [3.05, 3.63) is 0 Å². The van der Waals surface area contributed by atoms with E-state index in [-0.39, 0.29) is 0 Å². The average molecular weight is 174 g/mol. The van der Waals surface area contributed by atoms with Gasteiger partial charge in [0.1, 0.15) is 13.1 Å². The van der Waals surface area contributed by atoms with Gasteiger partial charge < -0.3 is 14.3 Å². The number of aliphatic hydroxyl groups excluding tert-OH is 1. The zero-order chi connectivity index (χ0) is 8.86. The van der Waals surface area contributed by atoms with Gasteiger partial charge in [0.25, 0.3) is 0 Å². The third kappa shape index (κ3) is 2.44. The minimum absolute atomic E-state index is 0.309. The predicted molar refractivity (Wildman–Crippen MR) is 47.9 cm³/mol. The molecule has 0 aromatic carbocycles. The number of aliphatic hydroxyl groups is 1. The van der Waals surface area contributed by atoms with Crippen LogP contribution in [0.4, 0.5) is 0 Å². The lowest BCUT2D eigenvalue weighted by Gasteiger charge is -2.33. The number of rotatable bonds is 5. The van der Waals surface area contributed by atoms with Crippen LogP contribution in [0.1, 0.15) is 12.8 Å². The number of quaternary nitrogens is 1. The Morgan fingerprint density at radius 1 is 1.25 bits per heavy atom. The molecule has 3 nitrogen and oxygen atoms in total. The number of hydrogen-bond donors (Lipinski definition) is 1. The molecule has 0 bridgehead atoms. The van der Waals surface area contributed by atoms with Crippen LogP contribution in [0, 0.1) is 0 Å². The summed E-state index contributed by atoms with van der Waals surface area (Å²) in [6.07, 6.45) is 2.62. The van der Waals surface area contributed by atoms with Crippen molar-refractivity contribution < 1.29 is 14.3 Å². The monoisotopic (exact) mass is 174 g/mol. The highest BCUT2D eigenvalue weighted by Crippen LogP contribution is 2.18. The molecular formula is C9H20NO2+. The van der Waals surface area contributed by atoms with Gasteiger partial charge in [-0.05, 0) is 0 Å². The summed E-state index contributed by atoms with van der Waals surface area (Å²) in [6, 6.07) is 0. The van der Waals surface area contributed by atoms with Gasteiger partial charge in [0.15, 0.2) is 0 Å². The first-order valence-corrected chi connectivity index (χ1v) is 4.78. The van der Waals surface area contributed by atoms with Crippen LogP contribution in [-0.2, 0) is 4.74 Å². The van der Waals surface area contributed by atoms with Crippen molar-refractivity contribution in [1.29, 1.82) is 0 Å². The third-order valence-corrected chi connectivity index (χ3v) is 2.86. The molecule has 1 rings (SSSR count). The Morgan fingerprint density at radius 3 is 2.42 bits per heavy atom. The summed E-state index contributed by atoms with van der Waals surface area (Å²) in [5.41, 5.74) is 0. The van der Waals surface area contributed by atoms with E-state index in [2.05, 4.69) is 0 Å². The highest BCUT2D eigenvalue weighted by molar-refractivity contribution is 4.54. The Kier molecular flexibility index (Phi) is 3.98. The molecule has 0 radical (unpaired) electrons. The second-order valence-electron chi connectivity index (χ2n) is 3.66. The second-order valence-corrected chi connectivity index (χ2v) is 3.66. The molecule has 0 aromatic heterocycles. The van der Waals surface area contributed by atoms with Crippen molar-refractivity contribution in [2.75, 3.05) is 46.5 Å². The average Bonchev–Trinajstić information content (AvgIpc) is 2.51. The summed E-state index contributed by atoms with van der Waals surface area (Å²) in [5.74, 6) is 0. The van der Waals surface area contributed by atoms with Crippen molar-refractivity contribution in [2.45, 2.75) is 12.8 Å². The molecule has 1 N–H and O–H groups in total. The van der Waals surface area contributed by atoms with Gasteiger partial charge in [-0.15, -0.1) is 0 Å². The molecule has 0 unspecified atom stereocenters. The van der Waals surface area contributed by atoms with E-state index in [4.69, 9.17) is 9.84 Å². The molecule has 0 aliphatic carbocycles. The minimum atomic E-state index is 0.309. The van der Waals surface area contributed by atoms with Crippen LogP contribution < -0.4 is 0 Å². The number of likely N-dealkylation sites (tertiary alicyclic amines) is 1. The Morgan fingerprint density at radius 2 is 1.92 bits per heavy atom. The summed E-state index contributed by atoms with van der Waals surface area (Å²) in [6.45, 7) is 5.55. The summed E-state index contributed by atoms with van der Waals surface area (Å²) in [5, 5.41) is 8.93. The Labute approximate surface area is 74.5 Å². The second kappa shape index (κ2) is 4.80. The van der Waals surface area contributed by atoms with Gasteiger partial charge in [0.05, 0.1) is 26.3 Å². The highest BCUT2D eigenvalue weighted by Gasteiger charge is 2.30. The fourth-order valence-corrected chi connectivity index (χ4v) is 2.06. The molecule has 1 saturated heterocycles. The molecular weight excluding hydrogens is 154 g/mol. The predicted octanol–water partition coefficient (Wildman–Crippen LogP) is 0.236. The summed E-state index contributed by atoms with van der Waals surface area (Å²) in [7, 11) is 1.74. The lowest BCUT2D eigenvalue weighted by molar-refractivity contribution is -0.917. The van der Waals surface area contributed by atoms with Crippen molar-refractivity contribution in [2.24, 2.45) is 0 Å². The summed E-state index contributed by atoms with van der Waals surface area (Å²) >= 11 is 0. The van der Waals surface area contributed by atoms with E-state index in [1.165, 1.54) is 25.9 Å². The molecule has 1 heterocycles. The smallest absolute Gasteiger partial charge is 0.102 e. The van der Waals surface area contributed by atoms with E-state index >= 15 is 0 Å². The zero-order valence-electron chi connectivity index (χ0n) is 7.96. The van der Waals surface area contributed by atoms with Crippen molar-refractivity contribution in [1.82, 2.24) is 0 Å². The van der Waals surface area contributed by atoms with Crippen LogP contribution in [0.15, 0.2) is 0 Å². The maximum atomic E-state index is 8.93. The largest absolute Gasteiger partial charge is 0.391 e. The Hall–Kier alpha value is -0.120. The molecule has 1 fully saturated rings. The number of hydrogen-bond acceptors (Lipinski definition) is 2. The van der Waals surface area contributed by atoms with Crippen LogP contribution in [0.5, 0.6) is 0 Å².